The molecule has 0 amide bonds. The molecule has 106 valence electrons. The zero-order valence-corrected chi connectivity index (χ0v) is 11.6. The lowest BCUT2D eigenvalue weighted by Crippen LogP contribution is -1.95. The third-order valence-corrected chi connectivity index (χ3v) is 3.26. The average molecular weight is 281 g/mol. The molecule has 1 aromatic heterocycles. The van der Waals surface area contributed by atoms with Crippen LogP contribution < -0.4 is 4.74 Å². The molecule has 0 aliphatic rings. The predicted molar refractivity (Wildman–Crippen MR) is 79.3 cm³/mol. The maximum atomic E-state index is 9.05. The number of hydrogen-bond acceptors (Lipinski definition) is 4. The van der Waals surface area contributed by atoms with Crippen molar-refractivity contribution in [3.8, 4) is 22.7 Å². The molecule has 5 heteroatoms. The second kappa shape index (κ2) is 5.76. The van der Waals surface area contributed by atoms with Crippen LogP contribution in [-0.4, -0.2) is 27.2 Å². The molecule has 0 atom stereocenters. The number of ether oxygens (including phenoxy) is 1. The molecule has 0 bridgehead atoms. The number of aliphatic hydroxyl groups is 1. The van der Waals surface area contributed by atoms with Crippen LogP contribution in [0.15, 0.2) is 54.7 Å². The Balaban J connectivity index is 1.87. The molecule has 5 nitrogen and oxygen atoms in total. The zero-order chi connectivity index (χ0) is 14.7. The molecule has 0 radical (unpaired) electrons. The van der Waals surface area contributed by atoms with Crippen molar-refractivity contribution in [3.05, 3.63) is 60.3 Å². The van der Waals surface area contributed by atoms with Gasteiger partial charge in [0.2, 0.25) is 0 Å². The number of rotatable bonds is 4. The minimum absolute atomic E-state index is 0.0364. The van der Waals surface area contributed by atoms with E-state index in [9.17, 15) is 0 Å². The highest BCUT2D eigenvalue weighted by Gasteiger charge is 2.05. The van der Waals surface area contributed by atoms with E-state index in [1.807, 2.05) is 54.7 Å². The van der Waals surface area contributed by atoms with Crippen molar-refractivity contribution >= 4 is 0 Å². The van der Waals surface area contributed by atoms with E-state index in [2.05, 4.69) is 10.3 Å². The van der Waals surface area contributed by atoms with E-state index in [0.29, 0.717) is 0 Å². The van der Waals surface area contributed by atoms with E-state index >= 15 is 0 Å². The largest absolute Gasteiger partial charge is 0.497 e. The summed E-state index contributed by atoms with van der Waals surface area (Å²) in [7, 11) is 1.64. The minimum Gasteiger partial charge on any atom is -0.497 e. The van der Waals surface area contributed by atoms with Gasteiger partial charge < -0.3 is 9.84 Å². The summed E-state index contributed by atoms with van der Waals surface area (Å²) in [5.41, 5.74) is 3.55. The lowest BCUT2D eigenvalue weighted by molar-refractivity contribution is 0.282. The van der Waals surface area contributed by atoms with E-state index in [-0.39, 0.29) is 6.61 Å². The van der Waals surface area contributed by atoms with Crippen LogP contribution in [0.5, 0.6) is 5.75 Å². The van der Waals surface area contributed by atoms with Crippen LogP contribution >= 0.6 is 0 Å². The highest BCUT2D eigenvalue weighted by atomic mass is 16.5. The van der Waals surface area contributed by atoms with Gasteiger partial charge in [0, 0.05) is 5.56 Å². The van der Waals surface area contributed by atoms with Crippen LogP contribution in [0.1, 0.15) is 5.56 Å². The molecule has 1 heterocycles. The highest BCUT2D eigenvalue weighted by Crippen LogP contribution is 2.21. The summed E-state index contributed by atoms with van der Waals surface area (Å²) < 4.78 is 6.85. The van der Waals surface area contributed by atoms with Gasteiger partial charge in [-0.15, -0.1) is 5.10 Å². The average Bonchev–Trinajstić information content (AvgIpc) is 3.05. The second-order valence-corrected chi connectivity index (χ2v) is 4.60. The number of methoxy groups -OCH3 is 1. The van der Waals surface area contributed by atoms with Gasteiger partial charge in [0.05, 0.1) is 25.6 Å². The molecular formula is C16H15N3O2. The highest BCUT2D eigenvalue weighted by molar-refractivity contribution is 5.59. The molecule has 0 saturated heterocycles. The van der Waals surface area contributed by atoms with Crippen molar-refractivity contribution in [1.29, 1.82) is 0 Å². The van der Waals surface area contributed by atoms with E-state index in [1.54, 1.807) is 11.8 Å². The molecule has 3 rings (SSSR count). The predicted octanol–water partition coefficient (Wildman–Crippen LogP) is 2.44. The Morgan fingerprint density at radius 3 is 2.38 bits per heavy atom. The molecule has 3 aromatic rings. The van der Waals surface area contributed by atoms with Crippen LogP contribution in [0.3, 0.4) is 0 Å². The number of benzene rings is 2. The summed E-state index contributed by atoms with van der Waals surface area (Å²) >= 11 is 0. The molecule has 1 N–H and O–H groups in total. The van der Waals surface area contributed by atoms with Crippen LogP contribution in [-0.2, 0) is 6.61 Å². The molecule has 2 aromatic carbocycles. The van der Waals surface area contributed by atoms with Crippen molar-refractivity contribution in [3.63, 3.8) is 0 Å². The fourth-order valence-electron chi connectivity index (χ4n) is 2.04. The summed E-state index contributed by atoms with van der Waals surface area (Å²) in [5, 5.41) is 17.4. The molecular weight excluding hydrogens is 266 g/mol. The summed E-state index contributed by atoms with van der Waals surface area (Å²) in [6, 6.07) is 15.2. The molecule has 0 saturated carbocycles. The molecule has 0 spiro atoms. The first-order valence-corrected chi connectivity index (χ1v) is 6.57. The van der Waals surface area contributed by atoms with Crippen molar-refractivity contribution in [2.24, 2.45) is 0 Å². The number of hydrogen-bond donors (Lipinski definition) is 1. The lowest BCUT2D eigenvalue weighted by Gasteiger charge is -2.01. The smallest absolute Gasteiger partial charge is 0.118 e. The first-order valence-electron chi connectivity index (χ1n) is 6.57. The van der Waals surface area contributed by atoms with Crippen LogP contribution in [0.2, 0.25) is 0 Å². The van der Waals surface area contributed by atoms with Gasteiger partial charge in [0.25, 0.3) is 0 Å². The third-order valence-electron chi connectivity index (χ3n) is 3.26. The Hall–Kier alpha value is -2.66. The number of nitrogens with zero attached hydrogens (tertiary/aromatic N) is 3. The number of aromatic nitrogens is 3. The SMILES string of the molecule is COc1ccc(-c2cn(-c3ccc(CO)cc3)nn2)cc1. The molecule has 0 fully saturated rings. The Labute approximate surface area is 122 Å². The molecule has 21 heavy (non-hydrogen) atoms. The van der Waals surface area contributed by atoms with Gasteiger partial charge in [0.1, 0.15) is 11.4 Å². The quantitative estimate of drug-likeness (QED) is 0.798. The summed E-state index contributed by atoms with van der Waals surface area (Å²) in [5.74, 6) is 0.811. The van der Waals surface area contributed by atoms with Crippen LogP contribution in [0.25, 0.3) is 16.9 Å². The Bertz CT molecular complexity index is 656. The summed E-state index contributed by atoms with van der Waals surface area (Å²) in [4.78, 5) is 0. The summed E-state index contributed by atoms with van der Waals surface area (Å²) in [6.45, 7) is 0.0364. The van der Waals surface area contributed by atoms with Crippen molar-refractivity contribution in [2.45, 2.75) is 6.61 Å². The lowest BCUT2D eigenvalue weighted by atomic mass is 10.1. The zero-order valence-electron chi connectivity index (χ0n) is 11.6. The number of aliphatic hydroxyl groups excluding tert-OH is 1. The van der Waals surface area contributed by atoms with E-state index in [4.69, 9.17) is 9.84 Å². The Kier molecular flexibility index (Phi) is 3.66. The first kappa shape index (κ1) is 13.3. The molecule has 0 aliphatic carbocycles. The summed E-state index contributed by atoms with van der Waals surface area (Å²) in [6.07, 6.45) is 1.87. The maximum absolute atomic E-state index is 9.05. The van der Waals surface area contributed by atoms with Gasteiger partial charge in [-0.05, 0) is 42.0 Å². The Morgan fingerprint density at radius 1 is 1.05 bits per heavy atom. The topological polar surface area (TPSA) is 60.2 Å². The third kappa shape index (κ3) is 2.78. The fourth-order valence-corrected chi connectivity index (χ4v) is 2.04. The maximum Gasteiger partial charge on any atom is 0.118 e. The standard InChI is InChI=1S/C16H15N3O2/c1-21-15-8-4-13(5-9-15)16-10-19(18-17-16)14-6-2-12(11-20)3-7-14/h2-10,20H,11H2,1H3. The van der Waals surface area contributed by atoms with Gasteiger partial charge >= 0.3 is 0 Å². The van der Waals surface area contributed by atoms with Gasteiger partial charge in [-0.1, -0.05) is 17.3 Å². The van der Waals surface area contributed by atoms with Crippen molar-refractivity contribution in [1.82, 2.24) is 15.0 Å². The van der Waals surface area contributed by atoms with Gasteiger partial charge in [-0.25, -0.2) is 4.68 Å². The normalized spacial score (nSPS) is 10.6. The van der Waals surface area contributed by atoms with Crippen LogP contribution in [0.4, 0.5) is 0 Å². The van der Waals surface area contributed by atoms with E-state index in [0.717, 1.165) is 28.3 Å². The van der Waals surface area contributed by atoms with Gasteiger partial charge in [0.15, 0.2) is 0 Å². The molecule has 0 aliphatic heterocycles. The first-order chi connectivity index (χ1) is 10.3. The van der Waals surface area contributed by atoms with Gasteiger partial charge in [-0.3, -0.25) is 0 Å². The van der Waals surface area contributed by atoms with E-state index < -0.39 is 0 Å². The van der Waals surface area contributed by atoms with Gasteiger partial charge in [-0.2, -0.15) is 0 Å². The van der Waals surface area contributed by atoms with E-state index in [1.165, 1.54) is 0 Å². The molecule has 0 unspecified atom stereocenters. The monoisotopic (exact) mass is 281 g/mol. The Morgan fingerprint density at radius 2 is 1.76 bits per heavy atom. The van der Waals surface area contributed by atoms with Crippen molar-refractivity contribution in [2.75, 3.05) is 7.11 Å². The van der Waals surface area contributed by atoms with Crippen LogP contribution in [0, 0.1) is 0 Å². The fraction of sp³-hybridized carbons (Fsp3) is 0.125. The second-order valence-electron chi connectivity index (χ2n) is 4.60. The minimum atomic E-state index is 0.0364. The van der Waals surface area contributed by atoms with Crippen molar-refractivity contribution < 1.29 is 9.84 Å².